The molecule has 2 heterocycles. The third-order valence-corrected chi connectivity index (χ3v) is 6.24. The number of benzene rings is 1. The number of sulfonamides is 1. The van der Waals surface area contributed by atoms with Gasteiger partial charge in [-0.25, -0.2) is 31.5 Å². The lowest BCUT2D eigenvalue weighted by Gasteiger charge is -2.15. The SMILES string of the molecule is C[C@@H](NC(=O)c1cc(Cl)cc(S(C)(=O)=O)c1)c1ncnn1-c1ccc(C(=O)NS(C)(=O)=O)cn1.S. The van der Waals surface area contributed by atoms with E-state index in [1.54, 1.807) is 6.92 Å². The van der Waals surface area contributed by atoms with Crippen molar-refractivity contribution in [2.45, 2.75) is 17.9 Å². The summed E-state index contributed by atoms with van der Waals surface area (Å²) in [6, 6.07) is 5.90. The summed E-state index contributed by atoms with van der Waals surface area (Å²) in [4.78, 5) is 32.8. The summed E-state index contributed by atoms with van der Waals surface area (Å²) in [5, 5.41) is 6.86. The van der Waals surface area contributed by atoms with Crippen LogP contribution in [0.15, 0.2) is 47.8 Å². The third kappa shape index (κ3) is 7.24. The number of aromatic nitrogens is 4. The maximum atomic E-state index is 12.7. The van der Waals surface area contributed by atoms with Gasteiger partial charge in [0.25, 0.3) is 11.8 Å². The van der Waals surface area contributed by atoms with E-state index in [0.29, 0.717) is 5.82 Å². The van der Waals surface area contributed by atoms with Crippen LogP contribution in [0.3, 0.4) is 0 Å². The zero-order valence-electron chi connectivity index (χ0n) is 18.6. The number of hydrogen-bond donors (Lipinski definition) is 2. The second-order valence-corrected chi connectivity index (χ2v) is 11.5. The van der Waals surface area contributed by atoms with Crippen molar-refractivity contribution in [3.05, 3.63) is 64.8 Å². The Morgan fingerprint density at radius 1 is 1.00 bits per heavy atom. The molecule has 3 rings (SSSR count). The quantitative estimate of drug-likeness (QED) is 0.428. The van der Waals surface area contributed by atoms with Crippen LogP contribution in [0.4, 0.5) is 0 Å². The fourth-order valence-electron chi connectivity index (χ4n) is 2.85. The van der Waals surface area contributed by atoms with Crippen LogP contribution >= 0.6 is 25.1 Å². The molecular formula is C19H21ClN6O6S3. The van der Waals surface area contributed by atoms with Gasteiger partial charge < -0.3 is 5.32 Å². The summed E-state index contributed by atoms with van der Waals surface area (Å²) >= 11 is 5.97. The Hall–Kier alpha value is -3.01. The first kappa shape index (κ1) is 28.2. The van der Waals surface area contributed by atoms with E-state index in [2.05, 4.69) is 20.4 Å². The molecule has 3 aromatic rings. The molecule has 0 fully saturated rings. The number of carbonyl (C=O) groups is 2. The van der Waals surface area contributed by atoms with Crippen molar-refractivity contribution in [1.29, 1.82) is 0 Å². The molecule has 1 atom stereocenters. The number of nitrogens with zero attached hydrogens (tertiary/aromatic N) is 4. The van der Waals surface area contributed by atoms with Gasteiger partial charge in [0.1, 0.15) is 6.33 Å². The van der Waals surface area contributed by atoms with Crippen LogP contribution in [0.5, 0.6) is 0 Å². The van der Waals surface area contributed by atoms with E-state index in [4.69, 9.17) is 11.6 Å². The molecular weight excluding hydrogens is 540 g/mol. The average Bonchev–Trinajstić information content (AvgIpc) is 3.21. The van der Waals surface area contributed by atoms with E-state index in [1.165, 1.54) is 47.5 Å². The standard InChI is InChI=1S/C19H19ClN6O6S2.H2S/c1-11(24-18(27)13-6-14(20)8-15(7-13)33(2,29)30)17-22-10-23-26(17)16-5-4-12(9-21-16)19(28)25-34(3,31)32;/h4-11H,1-3H3,(H,24,27)(H,25,28);1H2/t11-;/m1./s1. The highest BCUT2D eigenvalue weighted by atomic mass is 35.5. The lowest BCUT2D eigenvalue weighted by atomic mass is 10.2. The summed E-state index contributed by atoms with van der Waals surface area (Å²) in [5.74, 6) is -0.877. The Balaban J connectivity index is 0.00000432. The van der Waals surface area contributed by atoms with Crippen molar-refractivity contribution in [3.8, 4) is 5.82 Å². The topological polar surface area (TPSA) is 170 Å². The first-order valence-corrected chi connectivity index (χ1v) is 13.6. The van der Waals surface area contributed by atoms with Crippen molar-refractivity contribution in [1.82, 2.24) is 29.8 Å². The largest absolute Gasteiger partial charge is 0.342 e. The molecule has 35 heavy (non-hydrogen) atoms. The highest BCUT2D eigenvalue weighted by molar-refractivity contribution is 7.90. The summed E-state index contributed by atoms with van der Waals surface area (Å²) in [5.41, 5.74) is 0.0602. The molecule has 16 heteroatoms. The van der Waals surface area contributed by atoms with Crippen molar-refractivity contribution < 1.29 is 26.4 Å². The molecule has 0 saturated carbocycles. The maximum absolute atomic E-state index is 12.7. The van der Waals surface area contributed by atoms with Gasteiger partial charge >= 0.3 is 0 Å². The molecule has 0 aliphatic carbocycles. The number of pyridine rings is 1. The second-order valence-electron chi connectivity index (χ2n) is 7.28. The molecule has 0 spiro atoms. The monoisotopic (exact) mass is 560 g/mol. The summed E-state index contributed by atoms with van der Waals surface area (Å²) in [6.45, 7) is 1.63. The number of halogens is 1. The van der Waals surface area contributed by atoms with E-state index in [0.717, 1.165) is 12.5 Å². The van der Waals surface area contributed by atoms with Gasteiger partial charge in [-0.3, -0.25) is 9.59 Å². The van der Waals surface area contributed by atoms with E-state index in [9.17, 15) is 26.4 Å². The lowest BCUT2D eigenvalue weighted by molar-refractivity contribution is 0.0936. The number of amides is 2. The first-order chi connectivity index (χ1) is 15.7. The van der Waals surface area contributed by atoms with Crippen LogP contribution in [0, 0.1) is 0 Å². The van der Waals surface area contributed by atoms with Gasteiger partial charge in [0.2, 0.25) is 10.0 Å². The number of nitrogens with one attached hydrogen (secondary N) is 2. The Morgan fingerprint density at radius 3 is 2.26 bits per heavy atom. The Bertz CT molecular complexity index is 1470. The second kappa shape index (κ2) is 10.7. The average molecular weight is 561 g/mol. The molecule has 2 N–H and O–H groups in total. The number of rotatable bonds is 7. The molecule has 0 unspecified atom stereocenters. The molecule has 2 aromatic heterocycles. The molecule has 0 radical (unpaired) electrons. The van der Waals surface area contributed by atoms with Crippen molar-refractivity contribution >= 4 is 56.8 Å². The van der Waals surface area contributed by atoms with Gasteiger partial charge in [0, 0.05) is 23.0 Å². The fourth-order valence-corrected chi connectivity index (χ4v) is 4.28. The molecule has 2 amide bonds. The Kier molecular flexibility index (Phi) is 8.65. The van der Waals surface area contributed by atoms with Crippen LogP contribution in [0.1, 0.15) is 39.5 Å². The number of hydrogen-bond acceptors (Lipinski definition) is 9. The van der Waals surface area contributed by atoms with Gasteiger partial charge in [-0.05, 0) is 37.3 Å². The predicted octanol–water partition coefficient (Wildman–Crippen LogP) is 1.01. The molecule has 188 valence electrons. The van der Waals surface area contributed by atoms with E-state index in [1.807, 2.05) is 4.72 Å². The van der Waals surface area contributed by atoms with Crippen LogP contribution in [-0.4, -0.2) is 60.9 Å². The minimum Gasteiger partial charge on any atom is -0.342 e. The van der Waals surface area contributed by atoms with Crippen LogP contribution in [0.25, 0.3) is 5.82 Å². The fraction of sp³-hybridized carbons (Fsp3) is 0.211. The molecule has 0 bridgehead atoms. The van der Waals surface area contributed by atoms with Crippen LogP contribution < -0.4 is 10.0 Å². The maximum Gasteiger partial charge on any atom is 0.266 e. The summed E-state index contributed by atoms with van der Waals surface area (Å²) in [6.07, 6.45) is 4.28. The van der Waals surface area contributed by atoms with Crippen molar-refractivity contribution in [2.24, 2.45) is 0 Å². The Labute approximate surface area is 213 Å². The van der Waals surface area contributed by atoms with E-state index >= 15 is 0 Å². The third-order valence-electron chi connectivity index (χ3n) is 4.38. The van der Waals surface area contributed by atoms with Crippen LogP contribution in [-0.2, 0) is 19.9 Å². The van der Waals surface area contributed by atoms with Crippen molar-refractivity contribution in [3.63, 3.8) is 0 Å². The Morgan fingerprint density at radius 2 is 1.69 bits per heavy atom. The summed E-state index contributed by atoms with van der Waals surface area (Å²) < 4.78 is 49.3. The zero-order chi connectivity index (χ0) is 25.3. The van der Waals surface area contributed by atoms with E-state index < -0.39 is 37.7 Å². The molecule has 0 saturated heterocycles. The van der Waals surface area contributed by atoms with Gasteiger partial charge in [0.05, 0.1) is 22.8 Å². The van der Waals surface area contributed by atoms with Gasteiger partial charge in [0.15, 0.2) is 21.5 Å². The van der Waals surface area contributed by atoms with Crippen molar-refractivity contribution in [2.75, 3.05) is 12.5 Å². The first-order valence-electron chi connectivity index (χ1n) is 9.44. The summed E-state index contributed by atoms with van der Waals surface area (Å²) in [7, 11) is -7.30. The highest BCUT2D eigenvalue weighted by Gasteiger charge is 2.20. The normalized spacial score (nSPS) is 12.3. The molecule has 1 aromatic carbocycles. The minimum absolute atomic E-state index is 0. The van der Waals surface area contributed by atoms with Gasteiger partial charge in [-0.2, -0.15) is 23.3 Å². The molecule has 0 aliphatic heterocycles. The number of sulfone groups is 1. The smallest absolute Gasteiger partial charge is 0.266 e. The highest BCUT2D eigenvalue weighted by Crippen LogP contribution is 2.20. The van der Waals surface area contributed by atoms with Gasteiger partial charge in [-0.15, -0.1) is 0 Å². The lowest BCUT2D eigenvalue weighted by Crippen LogP contribution is -2.29. The zero-order valence-corrected chi connectivity index (χ0v) is 21.9. The van der Waals surface area contributed by atoms with Crippen LogP contribution in [0.2, 0.25) is 5.02 Å². The minimum atomic E-state index is -3.73. The molecule has 0 aliphatic rings. The predicted molar refractivity (Wildman–Crippen MR) is 132 cm³/mol. The number of carbonyl (C=O) groups excluding carboxylic acids is 2. The molecule has 12 nitrogen and oxygen atoms in total. The van der Waals surface area contributed by atoms with E-state index in [-0.39, 0.29) is 40.4 Å². The van der Waals surface area contributed by atoms with Gasteiger partial charge in [-0.1, -0.05) is 11.6 Å².